The number of carbonyl (C=O) groups is 1. The number of nitrogens with one attached hydrogen (secondary N) is 1. The summed E-state index contributed by atoms with van der Waals surface area (Å²) >= 11 is 0. The molecule has 0 atom stereocenters. The summed E-state index contributed by atoms with van der Waals surface area (Å²) in [7, 11) is 0. The predicted octanol–water partition coefficient (Wildman–Crippen LogP) is 3.54. The molecule has 1 amide bonds. The molecule has 0 unspecified atom stereocenters. The third-order valence-corrected chi connectivity index (χ3v) is 2.87. The van der Waals surface area contributed by atoms with E-state index >= 15 is 0 Å². The number of hydrogen-bond donors (Lipinski definition) is 1. The zero-order chi connectivity index (χ0) is 12.7. The van der Waals surface area contributed by atoms with E-state index in [-0.39, 0.29) is 11.8 Å². The van der Waals surface area contributed by atoms with Crippen LogP contribution in [-0.4, -0.2) is 10.9 Å². The van der Waals surface area contributed by atoms with Crippen molar-refractivity contribution < 1.29 is 4.79 Å². The van der Waals surface area contributed by atoms with Gasteiger partial charge in [-0.3, -0.25) is 9.78 Å². The molecule has 0 aliphatic heterocycles. The maximum atomic E-state index is 11.8. The molecule has 1 aromatic heterocycles. The van der Waals surface area contributed by atoms with Crippen LogP contribution in [0.15, 0.2) is 18.5 Å². The average molecular weight is 234 g/mol. The van der Waals surface area contributed by atoms with Crippen LogP contribution in [0.3, 0.4) is 0 Å². The van der Waals surface area contributed by atoms with Gasteiger partial charge in [-0.15, -0.1) is 0 Å². The molecule has 1 saturated carbocycles. The first-order valence-electron chi connectivity index (χ1n) is 6.48. The zero-order valence-corrected chi connectivity index (χ0v) is 11.0. The van der Waals surface area contributed by atoms with Gasteiger partial charge in [0.2, 0.25) is 5.91 Å². The summed E-state index contributed by atoms with van der Waals surface area (Å²) < 4.78 is 0. The first-order valence-corrected chi connectivity index (χ1v) is 6.48. The van der Waals surface area contributed by atoms with E-state index in [4.69, 9.17) is 0 Å². The summed E-state index contributed by atoms with van der Waals surface area (Å²) in [6, 6.07) is 1.94. The van der Waals surface area contributed by atoms with Gasteiger partial charge in [0.15, 0.2) is 0 Å². The Hall–Kier alpha value is -1.38. The molecule has 3 heteroatoms. The summed E-state index contributed by atoms with van der Waals surface area (Å²) in [5, 5.41) is 2.92. The fourth-order valence-corrected chi connectivity index (χ4v) is 2.06. The van der Waals surface area contributed by atoms with E-state index in [1.165, 1.54) is 12.8 Å². The van der Waals surface area contributed by atoms with Gasteiger partial charge in [0, 0.05) is 12.1 Å². The molecule has 0 saturated heterocycles. The highest BCUT2D eigenvalue weighted by molar-refractivity contribution is 5.92. The largest absolute Gasteiger partial charge is 0.324 e. The Labute approximate surface area is 104 Å². The SMILES string of the molecule is CC.Cc1cncc(NC(=O)C2CCCC2)c1. The van der Waals surface area contributed by atoms with Crippen molar-refractivity contribution in [2.24, 2.45) is 5.92 Å². The molecule has 1 N–H and O–H groups in total. The number of carbonyl (C=O) groups excluding carboxylic acids is 1. The second kappa shape index (κ2) is 7.05. The lowest BCUT2D eigenvalue weighted by Crippen LogP contribution is -2.20. The van der Waals surface area contributed by atoms with E-state index in [2.05, 4.69) is 10.3 Å². The fraction of sp³-hybridized carbons (Fsp3) is 0.571. The van der Waals surface area contributed by atoms with Crippen LogP contribution in [0.4, 0.5) is 5.69 Å². The van der Waals surface area contributed by atoms with Crippen LogP contribution in [-0.2, 0) is 4.79 Å². The Morgan fingerprint density at radius 3 is 2.53 bits per heavy atom. The number of aryl methyl sites for hydroxylation is 1. The van der Waals surface area contributed by atoms with Crippen molar-refractivity contribution >= 4 is 11.6 Å². The van der Waals surface area contributed by atoms with Gasteiger partial charge in [-0.05, 0) is 31.4 Å². The van der Waals surface area contributed by atoms with E-state index in [9.17, 15) is 4.79 Å². The molecule has 0 radical (unpaired) electrons. The van der Waals surface area contributed by atoms with Crippen LogP contribution in [0.2, 0.25) is 0 Å². The number of rotatable bonds is 2. The van der Waals surface area contributed by atoms with Gasteiger partial charge in [0.25, 0.3) is 0 Å². The average Bonchev–Trinajstić information content (AvgIpc) is 2.85. The summed E-state index contributed by atoms with van der Waals surface area (Å²) in [5.41, 5.74) is 1.88. The van der Waals surface area contributed by atoms with E-state index in [0.29, 0.717) is 0 Å². The lowest BCUT2D eigenvalue weighted by molar-refractivity contribution is -0.119. The smallest absolute Gasteiger partial charge is 0.227 e. The second-order valence-corrected chi connectivity index (χ2v) is 4.22. The lowest BCUT2D eigenvalue weighted by Gasteiger charge is -2.10. The van der Waals surface area contributed by atoms with Crippen LogP contribution >= 0.6 is 0 Å². The monoisotopic (exact) mass is 234 g/mol. The molecule has 3 nitrogen and oxygen atoms in total. The molecular weight excluding hydrogens is 212 g/mol. The molecule has 1 heterocycles. The Balaban J connectivity index is 0.000000686. The third kappa shape index (κ3) is 4.17. The molecular formula is C14H22N2O. The van der Waals surface area contributed by atoms with Crippen molar-refractivity contribution in [2.75, 3.05) is 5.32 Å². The molecule has 17 heavy (non-hydrogen) atoms. The molecule has 1 aromatic rings. The van der Waals surface area contributed by atoms with E-state index in [1.54, 1.807) is 12.4 Å². The maximum Gasteiger partial charge on any atom is 0.227 e. The minimum atomic E-state index is 0.153. The molecule has 94 valence electrons. The van der Waals surface area contributed by atoms with E-state index < -0.39 is 0 Å². The standard InChI is InChI=1S/C12H16N2O.C2H6/c1-9-6-11(8-13-7-9)14-12(15)10-4-2-3-5-10;1-2/h6-8,10H,2-5H2,1H3,(H,14,15);1-2H3. The topological polar surface area (TPSA) is 42.0 Å². The van der Waals surface area contributed by atoms with Crippen molar-refractivity contribution in [3.8, 4) is 0 Å². The van der Waals surface area contributed by atoms with E-state index in [0.717, 1.165) is 24.1 Å². The Morgan fingerprint density at radius 1 is 1.29 bits per heavy atom. The first kappa shape index (κ1) is 13.7. The summed E-state index contributed by atoms with van der Waals surface area (Å²) in [5.74, 6) is 0.366. The van der Waals surface area contributed by atoms with Crippen LogP contribution in [0.5, 0.6) is 0 Å². The van der Waals surface area contributed by atoms with Crippen LogP contribution < -0.4 is 5.32 Å². The lowest BCUT2D eigenvalue weighted by atomic mass is 10.1. The Bertz CT molecular complexity index is 357. The molecule has 0 spiro atoms. The normalized spacial score (nSPS) is 15.0. The number of pyridine rings is 1. The highest BCUT2D eigenvalue weighted by Gasteiger charge is 2.22. The van der Waals surface area contributed by atoms with Crippen LogP contribution in [0.25, 0.3) is 0 Å². The number of anilines is 1. The maximum absolute atomic E-state index is 11.8. The van der Waals surface area contributed by atoms with Gasteiger partial charge >= 0.3 is 0 Å². The zero-order valence-electron chi connectivity index (χ0n) is 11.0. The third-order valence-electron chi connectivity index (χ3n) is 2.87. The molecule has 0 aromatic carbocycles. The Kier molecular flexibility index (Phi) is 5.67. The van der Waals surface area contributed by atoms with Crippen LogP contribution in [0, 0.1) is 12.8 Å². The van der Waals surface area contributed by atoms with Crippen molar-refractivity contribution in [3.05, 3.63) is 24.0 Å². The molecule has 1 fully saturated rings. The van der Waals surface area contributed by atoms with Crippen molar-refractivity contribution in [1.29, 1.82) is 0 Å². The highest BCUT2D eigenvalue weighted by atomic mass is 16.1. The van der Waals surface area contributed by atoms with Crippen molar-refractivity contribution in [1.82, 2.24) is 4.98 Å². The van der Waals surface area contributed by atoms with E-state index in [1.807, 2.05) is 26.8 Å². The predicted molar refractivity (Wildman–Crippen MR) is 70.9 cm³/mol. The molecule has 0 bridgehead atoms. The summed E-state index contributed by atoms with van der Waals surface area (Å²) in [6.45, 7) is 5.97. The van der Waals surface area contributed by atoms with Gasteiger partial charge in [0.05, 0.1) is 11.9 Å². The summed E-state index contributed by atoms with van der Waals surface area (Å²) in [6.07, 6.45) is 7.91. The molecule has 2 rings (SSSR count). The van der Waals surface area contributed by atoms with Gasteiger partial charge in [-0.1, -0.05) is 26.7 Å². The number of aromatic nitrogens is 1. The fourth-order valence-electron chi connectivity index (χ4n) is 2.06. The van der Waals surface area contributed by atoms with Crippen molar-refractivity contribution in [3.63, 3.8) is 0 Å². The molecule has 1 aliphatic rings. The van der Waals surface area contributed by atoms with Gasteiger partial charge in [-0.2, -0.15) is 0 Å². The first-order chi connectivity index (χ1) is 8.25. The minimum Gasteiger partial charge on any atom is -0.324 e. The second-order valence-electron chi connectivity index (χ2n) is 4.22. The van der Waals surface area contributed by atoms with Crippen LogP contribution in [0.1, 0.15) is 45.1 Å². The highest BCUT2D eigenvalue weighted by Crippen LogP contribution is 2.25. The molecule has 1 aliphatic carbocycles. The number of amides is 1. The minimum absolute atomic E-state index is 0.153. The van der Waals surface area contributed by atoms with Gasteiger partial charge in [-0.25, -0.2) is 0 Å². The summed E-state index contributed by atoms with van der Waals surface area (Å²) in [4.78, 5) is 15.8. The van der Waals surface area contributed by atoms with Gasteiger partial charge in [0.1, 0.15) is 0 Å². The number of nitrogens with zero attached hydrogens (tertiary/aromatic N) is 1. The quantitative estimate of drug-likeness (QED) is 0.850. The van der Waals surface area contributed by atoms with Gasteiger partial charge < -0.3 is 5.32 Å². The van der Waals surface area contributed by atoms with Crippen molar-refractivity contribution in [2.45, 2.75) is 46.5 Å². The number of hydrogen-bond acceptors (Lipinski definition) is 2. The Morgan fingerprint density at radius 2 is 1.94 bits per heavy atom.